The van der Waals surface area contributed by atoms with Crippen LogP contribution in [0.4, 0.5) is 10.1 Å². The van der Waals surface area contributed by atoms with Crippen molar-refractivity contribution in [3.8, 4) is 17.6 Å². The van der Waals surface area contributed by atoms with Crippen LogP contribution in [0.25, 0.3) is 5.57 Å². The van der Waals surface area contributed by atoms with Gasteiger partial charge in [0.2, 0.25) is 0 Å². The molecule has 3 rings (SSSR count). The molecule has 0 saturated carbocycles. The van der Waals surface area contributed by atoms with E-state index in [0.29, 0.717) is 17.7 Å². The van der Waals surface area contributed by atoms with E-state index in [1.165, 1.54) is 18.2 Å². The SMILES string of the molecule is COc1ccccc1N1CCN(CC(O)COc2ccc(/C(C)=C\C#N)cc2F)CC1. The third-order valence-electron chi connectivity index (χ3n) is 5.37. The fourth-order valence-corrected chi connectivity index (χ4v) is 3.64. The number of nitriles is 1. The molecule has 1 aliphatic rings. The standard InChI is InChI=1S/C24H28FN3O3/c1-18(9-10-26)19-7-8-23(21(25)15-19)31-17-20(29)16-27-11-13-28(14-12-27)22-5-3-4-6-24(22)30-2/h3-9,15,20,29H,11-14,16-17H2,1-2H3/b18-9-. The number of piperazine rings is 1. The highest BCUT2D eigenvalue weighted by atomic mass is 19.1. The van der Waals surface area contributed by atoms with Gasteiger partial charge in [0.05, 0.1) is 18.9 Å². The van der Waals surface area contributed by atoms with Crippen molar-refractivity contribution in [2.75, 3.05) is 51.3 Å². The predicted octanol–water partition coefficient (Wildman–Crippen LogP) is 3.32. The molecule has 1 fully saturated rings. The second-order valence-electron chi connectivity index (χ2n) is 7.53. The summed E-state index contributed by atoms with van der Waals surface area (Å²) in [5.41, 5.74) is 2.38. The number of para-hydroxylation sites is 2. The number of halogens is 1. The maximum absolute atomic E-state index is 14.3. The number of ether oxygens (including phenoxy) is 2. The molecule has 2 aromatic carbocycles. The highest BCUT2D eigenvalue weighted by Crippen LogP contribution is 2.28. The van der Waals surface area contributed by atoms with Gasteiger partial charge in [0.25, 0.3) is 0 Å². The topological polar surface area (TPSA) is 69.0 Å². The largest absolute Gasteiger partial charge is 0.495 e. The molecule has 1 aliphatic heterocycles. The fraction of sp³-hybridized carbons (Fsp3) is 0.375. The lowest BCUT2D eigenvalue weighted by atomic mass is 10.1. The molecule has 0 aromatic heterocycles. The van der Waals surface area contributed by atoms with E-state index in [1.54, 1.807) is 20.1 Å². The second-order valence-corrected chi connectivity index (χ2v) is 7.53. The first-order chi connectivity index (χ1) is 15.0. The first-order valence-electron chi connectivity index (χ1n) is 10.3. The van der Waals surface area contributed by atoms with Crippen molar-refractivity contribution in [2.45, 2.75) is 13.0 Å². The summed E-state index contributed by atoms with van der Waals surface area (Å²) in [7, 11) is 1.67. The molecular formula is C24H28FN3O3. The van der Waals surface area contributed by atoms with Gasteiger partial charge in [0.1, 0.15) is 18.5 Å². The minimum absolute atomic E-state index is 0.00993. The van der Waals surface area contributed by atoms with Crippen LogP contribution in [-0.2, 0) is 0 Å². The summed E-state index contributed by atoms with van der Waals surface area (Å²) in [6, 6.07) is 14.5. The summed E-state index contributed by atoms with van der Waals surface area (Å²) in [4.78, 5) is 4.45. The summed E-state index contributed by atoms with van der Waals surface area (Å²) < 4.78 is 25.2. The zero-order chi connectivity index (χ0) is 22.2. The van der Waals surface area contributed by atoms with Crippen LogP contribution in [0.3, 0.4) is 0 Å². The van der Waals surface area contributed by atoms with E-state index in [0.717, 1.165) is 37.6 Å². The molecule has 1 N–H and O–H groups in total. The van der Waals surface area contributed by atoms with Gasteiger partial charge >= 0.3 is 0 Å². The molecule has 31 heavy (non-hydrogen) atoms. The quantitative estimate of drug-likeness (QED) is 0.655. The lowest BCUT2D eigenvalue weighted by molar-refractivity contribution is 0.0649. The lowest BCUT2D eigenvalue weighted by Gasteiger charge is -2.37. The summed E-state index contributed by atoms with van der Waals surface area (Å²) in [6.07, 6.45) is 0.643. The van der Waals surface area contributed by atoms with E-state index in [1.807, 2.05) is 24.3 Å². The van der Waals surface area contributed by atoms with Gasteiger partial charge in [-0.05, 0) is 42.3 Å². The number of hydrogen-bond donors (Lipinski definition) is 1. The smallest absolute Gasteiger partial charge is 0.165 e. The second kappa shape index (κ2) is 10.8. The Morgan fingerprint density at radius 1 is 1.19 bits per heavy atom. The van der Waals surface area contributed by atoms with Crippen molar-refractivity contribution in [2.24, 2.45) is 0 Å². The molecule has 1 heterocycles. The maximum Gasteiger partial charge on any atom is 0.165 e. The summed E-state index contributed by atoms with van der Waals surface area (Å²) >= 11 is 0. The van der Waals surface area contributed by atoms with Crippen molar-refractivity contribution in [1.29, 1.82) is 5.26 Å². The first kappa shape index (κ1) is 22.6. The lowest BCUT2D eigenvalue weighted by Crippen LogP contribution is -2.49. The van der Waals surface area contributed by atoms with Crippen LogP contribution in [0.5, 0.6) is 11.5 Å². The van der Waals surface area contributed by atoms with Crippen LogP contribution in [0.1, 0.15) is 12.5 Å². The van der Waals surface area contributed by atoms with E-state index in [9.17, 15) is 9.50 Å². The third-order valence-corrected chi connectivity index (χ3v) is 5.37. The Bertz CT molecular complexity index is 949. The maximum atomic E-state index is 14.3. The van der Waals surface area contributed by atoms with Crippen LogP contribution >= 0.6 is 0 Å². The first-order valence-corrected chi connectivity index (χ1v) is 10.3. The van der Waals surface area contributed by atoms with E-state index < -0.39 is 11.9 Å². The molecule has 0 aliphatic carbocycles. The average Bonchev–Trinajstić information content (AvgIpc) is 2.79. The van der Waals surface area contributed by atoms with Crippen molar-refractivity contribution in [3.63, 3.8) is 0 Å². The van der Waals surface area contributed by atoms with Gasteiger partial charge in [0.15, 0.2) is 11.6 Å². The number of methoxy groups -OCH3 is 1. The molecule has 0 bridgehead atoms. The molecule has 1 unspecified atom stereocenters. The number of aliphatic hydroxyl groups is 1. The van der Waals surface area contributed by atoms with Gasteiger partial charge in [-0.2, -0.15) is 5.26 Å². The highest BCUT2D eigenvalue weighted by Gasteiger charge is 2.21. The molecule has 164 valence electrons. The Labute approximate surface area is 182 Å². The van der Waals surface area contributed by atoms with Gasteiger partial charge in [-0.25, -0.2) is 4.39 Å². The monoisotopic (exact) mass is 425 g/mol. The molecule has 0 spiro atoms. The van der Waals surface area contributed by atoms with E-state index >= 15 is 0 Å². The van der Waals surface area contributed by atoms with E-state index in [4.69, 9.17) is 14.7 Å². The Morgan fingerprint density at radius 2 is 1.94 bits per heavy atom. The Hall–Kier alpha value is -3.08. The van der Waals surface area contributed by atoms with E-state index in [2.05, 4.69) is 15.9 Å². The zero-order valence-electron chi connectivity index (χ0n) is 17.9. The van der Waals surface area contributed by atoms with Gasteiger partial charge in [0, 0.05) is 38.8 Å². The Kier molecular flexibility index (Phi) is 7.88. The molecule has 0 radical (unpaired) electrons. The third kappa shape index (κ3) is 5.97. The zero-order valence-corrected chi connectivity index (χ0v) is 17.9. The van der Waals surface area contributed by atoms with Crippen LogP contribution < -0.4 is 14.4 Å². The molecule has 1 saturated heterocycles. The van der Waals surface area contributed by atoms with Crippen molar-refractivity contribution in [1.82, 2.24) is 4.90 Å². The molecule has 2 aromatic rings. The summed E-state index contributed by atoms with van der Waals surface area (Å²) in [5.74, 6) is 0.435. The molecule has 0 amide bonds. The number of rotatable bonds is 8. The number of allylic oxidation sites excluding steroid dienone is 2. The molecular weight excluding hydrogens is 397 g/mol. The Balaban J connectivity index is 1.47. The molecule has 6 nitrogen and oxygen atoms in total. The molecule has 1 atom stereocenters. The van der Waals surface area contributed by atoms with Gasteiger partial charge in [-0.3, -0.25) is 4.90 Å². The number of hydrogen-bond acceptors (Lipinski definition) is 6. The van der Waals surface area contributed by atoms with Crippen molar-refractivity contribution in [3.05, 3.63) is 59.9 Å². The van der Waals surface area contributed by atoms with Crippen molar-refractivity contribution < 1.29 is 19.0 Å². The van der Waals surface area contributed by atoms with Gasteiger partial charge < -0.3 is 19.5 Å². The number of aliphatic hydroxyl groups excluding tert-OH is 1. The Morgan fingerprint density at radius 3 is 2.61 bits per heavy atom. The van der Waals surface area contributed by atoms with Gasteiger partial charge in [-0.15, -0.1) is 0 Å². The van der Waals surface area contributed by atoms with Crippen LogP contribution in [0.15, 0.2) is 48.5 Å². The van der Waals surface area contributed by atoms with E-state index in [-0.39, 0.29) is 12.4 Å². The van der Waals surface area contributed by atoms with Crippen LogP contribution in [0.2, 0.25) is 0 Å². The van der Waals surface area contributed by atoms with Crippen LogP contribution in [0, 0.1) is 17.1 Å². The van der Waals surface area contributed by atoms with Crippen molar-refractivity contribution >= 4 is 11.3 Å². The number of β-amino-alcohol motifs (C(OH)–C–C–N with tert-alkyl or cyclic N) is 1. The number of anilines is 1. The minimum atomic E-state index is -0.725. The molecule has 7 heteroatoms. The van der Waals surface area contributed by atoms with Crippen LogP contribution in [-0.4, -0.2) is 62.6 Å². The summed E-state index contributed by atoms with van der Waals surface area (Å²) in [6.45, 7) is 5.50. The normalized spacial score (nSPS) is 16.0. The highest BCUT2D eigenvalue weighted by molar-refractivity contribution is 5.66. The van der Waals surface area contributed by atoms with Gasteiger partial charge in [-0.1, -0.05) is 18.2 Å². The predicted molar refractivity (Wildman–Crippen MR) is 119 cm³/mol. The minimum Gasteiger partial charge on any atom is -0.495 e. The average molecular weight is 426 g/mol. The summed E-state index contributed by atoms with van der Waals surface area (Å²) in [5, 5.41) is 19.1. The number of nitrogens with zero attached hydrogens (tertiary/aromatic N) is 3. The number of benzene rings is 2. The fourth-order valence-electron chi connectivity index (χ4n) is 3.64.